The van der Waals surface area contributed by atoms with Crippen LogP contribution in [0.15, 0.2) is 4.79 Å². The zero-order valence-corrected chi connectivity index (χ0v) is 14.6. The Hall–Kier alpha value is 0.340. The first-order valence-electron chi connectivity index (χ1n) is 6.02. The van der Waals surface area contributed by atoms with Crippen molar-refractivity contribution in [1.82, 2.24) is 9.32 Å². The van der Waals surface area contributed by atoms with Gasteiger partial charge < -0.3 is 0 Å². The molecule has 0 radical (unpaired) electrons. The number of rotatable bonds is 5. The summed E-state index contributed by atoms with van der Waals surface area (Å²) < 4.78 is 1.93. The van der Waals surface area contributed by atoms with Gasteiger partial charge in [0.05, 0.1) is 10.6 Å². The van der Waals surface area contributed by atoms with Gasteiger partial charge in [-0.15, -0.1) is 8.93 Å². The summed E-state index contributed by atoms with van der Waals surface area (Å²) in [4.78, 5) is 17.2. The molecule has 3 nitrogen and oxygen atoms in total. The van der Waals surface area contributed by atoms with Crippen molar-refractivity contribution in [2.45, 2.75) is 32.6 Å². The molecule has 4 atom stereocenters. The van der Waals surface area contributed by atoms with Crippen LogP contribution in [0.25, 0.3) is 12.2 Å². The average molecular weight is 318 g/mol. The van der Waals surface area contributed by atoms with Crippen molar-refractivity contribution in [3.05, 3.63) is 26.7 Å². The van der Waals surface area contributed by atoms with E-state index in [1.54, 1.807) is 0 Å². The zero-order chi connectivity index (χ0) is 13.1. The maximum absolute atomic E-state index is 12.5. The summed E-state index contributed by atoms with van der Waals surface area (Å²) in [6.45, 7) is 2.16. The number of fused-ring (bicyclic) bond motifs is 1. The Morgan fingerprint density at radius 3 is 3.00 bits per heavy atom. The second-order valence-electron chi connectivity index (χ2n) is 4.17. The van der Waals surface area contributed by atoms with Crippen molar-refractivity contribution in [2.75, 3.05) is 0 Å². The molecule has 0 bridgehead atoms. The Bertz CT molecular complexity index is 611. The molecular weight excluding hydrogens is 300 g/mol. The highest BCUT2D eigenvalue weighted by atomic mass is 32.6. The van der Waals surface area contributed by atoms with Gasteiger partial charge in [0, 0.05) is 13.9 Å². The highest BCUT2D eigenvalue weighted by molar-refractivity contribution is 8.60. The van der Waals surface area contributed by atoms with Gasteiger partial charge in [-0.05, 0) is 12.8 Å². The van der Waals surface area contributed by atoms with Gasteiger partial charge in [-0.3, -0.25) is 9.13 Å². The predicted octanol–water partition coefficient (Wildman–Crippen LogP) is 1.97. The predicted molar refractivity (Wildman–Crippen MR) is 90.0 cm³/mol. The van der Waals surface area contributed by atoms with Gasteiger partial charge in [-0.1, -0.05) is 42.4 Å². The third-order valence-corrected chi connectivity index (χ3v) is 12.5. The second kappa shape index (κ2) is 6.67. The molecule has 1 aliphatic carbocycles. The third-order valence-electron chi connectivity index (χ3n) is 2.93. The molecule has 1 aromatic rings. The van der Waals surface area contributed by atoms with E-state index in [4.69, 9.17) is 4.98 Å². The summed E-state index contributed by atoms with van der Waals surface area (Å²) in [5.74, 6) is 0.961. The van der Waals surface area contributed by atoms with Crippen molar-refractivity contribution in [3.8, 4) is 0 Å². The fourth-order valence-electron chi connectivity index (χ4n) is 2.00. The van der Waals surface area contributed by atoms with Crippen LogP contribution in [-0.4, -0.2) is 9.32 Å². The fraction of sp³-hybridized carbons (Fsp3) is 0.455. The van der Waals surface area contributed by atoms with Crippen LogP contribution in [0.5, 0.6) is 0 Å². The van der Waals surface area contributed by atoms with E-state index in [1.807, 2.05) is 16.5 Å². The maximum Gasteiger partial charge on any atom is 0.264 e. The maximum atomic E-state index is 12.5. The first kappa shape index (κ1) is 14.7. The van der Waals surface area contributed by atoms with Crippen LogP contribution in [0.3, 0.4) is 0 Å². The SMILES string of the molecule is CCCCc1nc2c(c(=O)n1P(P)PP)=CCC=2. The minimum Gasteiger partial charge on any atom is -0.268 e. The number of aryl methyl sites for hydroxylation is 1. The number of nitrogens with zero attached hydrogens (tertiary/aromatic N) is 2. The van der Waals surface area contributed by atoms with E-state index in [0.717, 1.165) is 42.1 Å². The largest absolute Gasteiger partial charge is 0.268 e. The fourth-order valence-corrected chi connectivity index (χ4v) is 5.53. The smallest absolute Gasteiger partial charge is 0.264 e. The molecule has 1 aliphatic rings. The molecule has 98 valence electrons. The molecule has 0 spiro atoms. The van der Waals surface area contributed by atoms with Crippen LogP contribution in [0.4, 0.5) is 0 Å². The summed E-state index contributed by atoms with van der Waals surface area (Å²) in [5, 5.41) is 1.69. The van der Waals surface area contributed by atoms with Crippen LogP contribution in [0.2, 0.25) is 0 Å². The summed E-state index contributed by atoms with van der Waals surface area (Å²) in [7, 11) is 5.71. The van der Waals surface area contributed by atoms with Gasteiger partial charge in [-0.2, -0.15) is 0 Å². The molecule has 0 saturated heterocycles. The summed E-state index contributed by atoms with van der Waals surface area (Å²) in [6.07, 6.45) is 7.99. The third kappa shape index (κ3) is 2.91. The molecule has 1 heterocycles. The minimum absolute atomic E-state index is 0.149. The molecule has 0 amide bonds. The number of unbranched alkanes of at least 4 members (excludes halogenated alkanes) is 1. The second-order valence-corrected chi connectivity index (χ2v) is 13.0. The zero-order valence-electron chi connectivity index (χ0n) is 10.4. The molecule has 0 fully saturated rings. The normalized spacial score (nSPS) is 15.5. The monoisotopic (exact) mass is 318 g/mol. The quantitative estimate of drug-likeness (QED) is 0.778. The number of aromatic nitrogens is 2. The highest BCUT2D eigenvalue weighted by Crippen LogP contribution is 2.65. The van der Waals surface area contributed by atoms with Crippen LogP contribution in [0, 0.1) is 0 Å². The lowest BCUT2D eigenvalue weighted by Gasteiger charge is -2.16. The Labute approximate surface area is 114 Å². The lowest BCUT2D eigenvalue weighted by Crippen LogP contribution is -2.45. The van der Waals surface area contributed by atoms with Gasteiger partial charge in [0.25, 0.3) is 5.56 Å². The van der Waals surface area contributed by atoms with Crippen LogP contribution >= 0.6 is 33.3 Å². The Balaban J connectivity index is 2.61. The lowest BCUT2D eigenvalue weighted by atomic mass is 10.2. The Morgan fingerprint density at radius 2 is 2.33 bits per heavy atom. The summed E-state index contributed by atoms with van der Waals surface area (Å²) >= 11 is 0. The van der Waals surface area contributed by atoms with E-state index in [1.165, 1.54) is 0 Å². The van der Waals surface area contributed by atoms with Crippen molar-refractivity contribution in [1.29, 1.82) is 0 Å². The van der Waals surface area contributed by atoms with E-state index in [0.29, 0.717) is 7.96 Å². The van der Waals surface area contributed by atoms with Crippen molar-refractivity contribution in [2.24, 2.45) is 0 Å². The molecule has 0 aromatic carbocycles. The first-order chi connectivity index (χ1) is 8.69. The van der Waals surface area contributed by atoms with Gasteiger partial charge >= 0.3 is 0 Å². The van der Waals surface area contributed by atoms with E-state index in [-0.39, 0.29) is 5.56 Å². The van der Waals surface area contributed by atoms with Gasteiger partial charge in [0.2, 0.25) is 0 Å². The van der Waals surface area contributed by atoms with Gasteiger partial charge in [0.1, 0.15) is 5.82 Å². The molecule has 0 aliphatic heterocycles. The summed E-state index contributed by atoms with van der Waals surface area (Å²) in [6, 6.07) is 0. The molecular formula is C11H18N2OP4. The van der Waals surface area contributed by atoms with Crippen LogP contribution in [0.1, 0.15) is 32.0 Å². The minimum atomic E-state index is -0.523. The first-order valence-corrected chi connectivity index (χ1v) is 12.6. The molecule has 0 N–H and O–H groups in total. The Kier molecular flexibility index (Phi) is 5.47. The van der Waals surface area contributed by atoms with E-state index < -0.39 is 7.45 Å². The topological polar surface area (TPSA) is 34.9 Å². The highest BCUT2D eigenvalue weighted by Gasteiger charge is 2.14. The molecule has 4 unspecified atom stereocenters. The Morgan fingerprint density at radius 1 is 1.56 bits per heavy atom. The van der Waals surface area contributed by atoms with Gasteiger partial charge in [0.15, 0.2) is 0 Å². The van der Waals surface area contributed by atoms with Crippen molar-refractivity contribution in [3.63, 3.8) is 0 Å². The van der Waals surface area contributed by atoms with Crippen molar-refractivity contribution >= 4 is 45.4 Å². The standard InChI is InChI=1S/C11H18N2OP4/c1-2-3-7-10-12-9-6-4-5-8(9)11(14)13(10)18(16)17-15/h5-6,17H,2-4,7,15-16H2,1H3. The summed E-state index contributed by atoms with van der Waals surface area (Å²) in [5.41, 5.74) is 0.149. The lowest BCUT2D eigenvalue weighted by molar-refractivity contribution is 0.729. The molecule has 7 heteroatoms. The molecule has 18 heavy (non-hydrogen) atoms. The van der Waals surface area contributed by atoms with Crippen LogP contribution < -0.4 is 16.1 Å². The van der Waals surface area contributed by atoms with E-state index >= 15 is 0 Å². The van der Waals surface area contributed by atoms with Crippen LogP contribution in [-0.2, 0) is 6.42 Å². The average Bonchev–Trinajstić information content (AvgIpc) is 2.84. The number of hydrogen-bond donors (Lipinski definition) is 0. The van der Waals surface area contributed by atoms with Gasteiger partial charge in [-0.25, -0.2) is 4.98 Å². The molecule has 1 aromatic heterocycles. The van der Waals surface area contributed by atoms with Crippen molar-refractivity contribution < 1.29 is 0 Å². The van der Waals surface area contributed by atoms with E-state index in [2.05, 4.69) is 24.8 Å². The molecule has 2 rings (SSSR count). The number of hydrogen-bond acceptors (Lipinski definition) is 2. The van der Waals surface area contributed by atoms with E-state index in [9.17, 15) is 4.79 Å². The molecule has 0 saturated carbocycles.